The molecule has 1 fully saturated rings. The van der Waals surface area contributed by atoms with Gasteiger partial charge in [0.25, 0.3) is 0 Å². The van der Waals surface area contributed by atoms with E-state index in [1.807, 2.05) is 6.07 Å². The molecular formula is C14H16O4S. The van der Waals surface area contributed by atoms with Crippen molar-refractivity contribution in [1.82, 2.24) is 0 Å². The second-order valence-corrected chi connectivity index (χ2v) is 7.51. The number of hydrogen-bond donors (Lipinski definition) is 1. The lowest BCUT2D eigenvalue weighted by atomic mass is 9.87. The third-order valence-corrected chi connectivity index (χ3v) is 5.90. The molecule has 1 N–H and O–H groups in total. The Hall–Kier alpha value is -1.36. The molecule has 1 aliphatic heterocycles. The summed E-state index contributed by atoms with van der Waals surface area (Å²) in [6.45, 7) is 0. The molecule has 1 atom stereocenters. The second-order valence-electron chi connectivity index (χ2n) is 5.43. The molecule has 4 nitrogen and oxygen atoms in total. The zero-order valence-corrected chi connectivity index (χ0v) is 11.3. The topological polar surface area (TPSA) is 71.4 Å². The van der Waals surface area contributed by atoms with Crippen LogP contribution < -0.4 is 0 Å². The molecule has 1 unspecified atom stereocenters. The van der Waals surface area contributed by atoms with Crippen LogP contribution in [0.2, 0.25) is 0 Å². The predicted octanol–water partition coefficient (Wildman–Crippen LogP) is 1.98. The summed E-state index contributed by atoms with van der Waals surface area (Å²) in [5.74, 6) is -0.272. The van der Waals surface area contributed by atoms with Crippen LogP contribution in [0.5, 0.6) is 0 Å². The number of carbonyl (C=O) groups is 1. The molecule has 1 aliphatic carbocycles. The summed E-state index contributed by atoms with van der Waals surface area (Å²) in [5.41, 5.74) is 1.81. The number of fused-ring (bicyclic) bond motifs is 1. The second kappa shape index (κ2) is 4.34. The monoisotopic (exact) mass is 280 g/mol. The van der Waals surface area contributed by atoms with E-state index in [2.05, 4.69) is 0 Å². The standard InChI is InChI=1S/C14H16O4S/c15-14(16)8-12(9-4-5-9)10-2-1-3-13-11(10)6-7-19(13,17)18/h1-3,9,12H,4-8H2,(H,15,16). The Bertz CT molecular complexity index is 629. The Kier molecular flexibility index (Phi) is 2.89. The summed E-state index contributed by atoms with van der Waals surface area (Å²) in [7, 11) is -3.14. The van der Waals surface area contributed by atoms with Gasteiger partial charge in [-0.15, -0.1) is 0 Å². The van der Waals surface area contributed by atoms with E-state index in [1.165, 1.54) is 0 Å². The van der Waals surface area contributed by atoms with Crippen molar-refractivity contribution in [2.45, 2.75) is 36.5 Å². The van der Waals surface area contributed by atoms with E-state index in [0.29, 0.717) is 17.2 Å². The number of carboxylic acid groups (broad SMARTS) is 1. The molecule has 1 heterocycles. The highest BCUT2D eigenvalue weighted by Crippen LogP contribution is 2.47. The predicted molar refractivity (Wildman–Crippen MR) is 69.9 cm³/mol. The molecule has 1 aromatic carbocycles. The Morgan fingerprint density at radius 1 is 1.37 bits per heavy atom. The summed E-state index contributed by atoms with van der Waals surface area (Å²) in [6.07, 6.45) is 2.72. The molecule has 5 heteroatoms. The number of rotatable bonds is 4. The largest absolute Gasteiger partial charge is 0.481 e. The first kappa shape index (κ1) is 12.7. The van der Waals surface area contributed by atoms with Crippen molar-refractivity contribution < 1.29 is 18.3 Å². The molecule has 0 spiro atoms. The van der Waals surface area contributed by atoms with E-state index in [0.717, 1.165) is 24.0 Å². The first-order valence-corrected chi connectivity index (χ1v) is 8.20. The van der Waals surface area contributed by atoms with Gasteiger partial charge in [-0.25, -0.2) is 8.42 Å². The van der Waals surface area contributed by atoms with Crippen LogP contribution in [0.25, 0.3) is 0 Å². The van der Waals surface area contributed by atoms with Crippen LogP contribution in [0.1, 0.15) is 36.3 Å². The molecule has 0 saturated heterocycles. The van der Waals surface area contributed by atoms with Gasteiger partial charge in [-0.05, 0) is 48.3 Å². The van der Waals surface area contributed by atoms with Gasteiger partial charge in [-0.2, -0.15) is 0 Å². The van der Waals surface area contributed by atoms with Gasteiger partial charge in [0.05, 0.1) is 17.1 Å². The lowest BCUT2D eigenvalue weighted by molar-refractivity contribution is -0.137. The number of benzene rings is 1. The molecule has 0 radical (unpaired) electrons. The molecular weight excluding hydrogens is 264 g/mol. The fourth-order valence-electron chi connectivity index (χ4n) is 3.05. The molecule has 0 amide bonds. The maximum Gasteiger partial charge on any atom is 0.303 e. The molecule has 3 rings (SSSR count). The maximum atomic E-state index is 11.9. The fourth-order valence-corrected chi connectivity index (χ4v) is 4.63. The summed E-state index contributed by atoms with van der Waals surface area (Å²) in [4.78, 5) is 11.4. The minimum Gasteiger partial charge on any atom is -0.481 e. The maximum absolute atomic E-state index is 11.9. The van der Waals surface area contributed by atoms with E-state index >= 15 is 0 Å². The Balaban J connectivity index is 2.05. The molecule has 2 aliphatic rings. The van der Waals surface area contributed by atoms with Crippen LogP contribution in [-0.4, -0.2) is 25.2 Å². The highest BCUT2D eigenvalue weighted by atomic mass is 32.2. The lowest BCUT2D eigenvalue weighted by Gasteiger charge is -2.17. The fraction of sp³-hybridized carbons (Fsp3) is 0.500. The van der Waals surface area contributed by atoms with Gasteiger partial charge in [0.1, 0.15) is 0 Å². The smallest absolute Gasteiger partial charge is 0.303 e. The van der Waals surface area contributed by atoms with Gasteiger partial charge in [-0.1, -0.05) is 12.1 Å². The van der Waals surface area contributed by atoms with Gasteiger partial charge < -0.3 is 5.11 Å². The third-order valence-electron chi connectivity index (χ3n) is 4.11. The lowest BCUT2D eigenvalue weighted by Crippen LogP contribution is -2.10. The van der Waals surface area contributed by atoms with Crippen molar-refractivity contribution in [3.8, 4) is 0 Å². The van der Waals surface area contributed by atoms with E-state index in [9.17, 15) is 13.2 Å². The first-order chi connectivity index (χ1) is 8.99. The molecule has 19 heavy (non-hydrogen) atoms. The van der Waals surface area contributed by atoms with Crippen LogP contribution in [-0.2, 0) is 21.1 Å². The number of carboxylic acids is 1. The van der Waals surface area contributed by atoms with Crippen molar-refractivity contribution in [3.05, 3.63) is 29.3 Å². The van der Waals surface area contributed by atoms with Gasteiger partial charge in [0.15, 0.2) is 9.84 Å². The van der Waals surface area contributed by atoms with Crippen LogP contribution >= 0.6 is 0 Å². The number of sulfone groups is 1. The normalized spacial score (nSPS) is 21.9. The number of hydrogen-bond acceptors (Lipinski definition) is 3. The zero-order chi connectivity index (χ0) is 13.6. The third kappa shape index (κ3) is 2.27. The van der Waals surface area contributed by atoms with Crippen molar-refractivity contribution >= 4 is 15.8 Å². The van der Waals surface area contributed by atoms with E-state index in [1.54, 1.807) is 12.1 Å². The van der Waals surface area contributed by atoms with E-state index < -0.39 is 15.8 Å². The molecule has 0 aromatic heterocycles. The minimum absolute atomic E-state index is 0.0271. The van der Waals surface area contributed by atoms with Gasteiger partial charge in [-0.3, -0.25) is 4.79 Å². The van der Waals surface area contributed by atoms with E-state index in [4.69, 9.17) is 5.11 Å². The molecule has 102 valence electrons. The minimum atomic E-state index is -3.14. The quantitative estimate of drug-likeness (QED) is 0.915. The summed E-state index contributed by atoms with van der Waals surface area (Å²) < 4.78 is 23.8. The first-order valence-electron chi connectivity index (χ1n) is 6.55. The average molecular weight is 280 g/mol. The zero-order valence-electron chi connectivity index (χ0n) is 10.5. The average Bonchev–Trinajstić information content (AvgIpc) is 3.13. The molecule has 0 bridgehead atoms. The Morgan fingerprint density at radius 3 is 2.74 bits per heavy atom. The van der Waals surface area contributed by atoms with Crippen LogP contribution in [0.15, 0.2) is 23.1 Å². The molecule has 1 saturated carbocycles. The SMILES string of the molecule is O=C(O)CC(c1cccc2c1CCS2(=O)=O)C1CC1. The summed E-state index contributed by atoms with van der Waals surface area (Å²) in [5, 5.41) is 9.05. The van der Waals surface area contributed by atoms with E-state index in [-0.39, 0.29) is 18.1 Å². The van der Waals surface area contributed by atoms with Crippen molar-refractivity contribution in [2.24, 2.45) is 5.92 Å². The van der Waals surface area contributed by atoms with Crippen molar-refractivity contribution in [2.75, 3.05) is 5.75 Å². The summed E-state index contributed by atoms with van der Waals surface area (Å²) >= 11 is 0. The van der Waals surface area contributed by atoms with Crippen LogP contribution in [0.4, 0.5) is 0 Å². The highest BCUT2D eigenvalue weighted by molar-refractivity contribution is 7.91. The Labute approximate surface area is 112 Å². The van der Waals surface area contributed by atoms with Crippen LogP contribution in [0, 0.1) is 5.92 Å². The van der Waals surface area contributed by atoms with Crippen molar-refractivity contribution in [3.63, 3.8) is 0 Å². The van der Waals surface area contributed by atoms with Gasteiger partial charge in [0.2, 0.25) is 0 Å². The summed E-state index contributed by atoms with van der Waals surface area (Å²) in [6, 6.07) is 5.30. The van der Waals surface area contributed by atoms with Crippen LogP contribution in [0.3, 0.4) is 0 Å². The number of aliphatic carboxylic acids is 1. The van der Waals surface area contributed by atoms with Gasteiger partial charge >= 0.3 is 5.97 Å². The van der Waals surface area contributed by atoms with Crippen molar-refractivity contribution in [1.29, 1.82) is 0 Å². The molecule has 1 aromatic rings. The van der Waals surface area contributed by atoms with Gasteiger partial charge in [0, 0.05) is 0 Å². The Morgan fingerprint density at radius 2 is 2.11 bits per heavy atom. The highest BCUT2D eigenvalue weighted by Gasteiger charge is 2.37.